The second kappa shape index (κ2) is 9.25. The van der Waals surface area contributed by atoms with Crippen LogP contribution < -0.4 is 4.74 Å². The van der Waals surface area contributed by atoms with Crippen LogP contribution in [0, 0.1) is 17.8 Å². The minimum absolute atomic E-state index is 0.0419. The zero-order chi connectivity index (χ0) is 22.1. The Labute approximate surface area is 188 Å². The average molecular weight is 444 g/mol. The van der Waals surface area contributed by atoms with Crippen LogP contribution >= 0.6 is 0 Å². The third-order valence-corrected chi connectivity index (χ3v) is 7.55. The van der Waals surface area contributed by atoms with Crippen LogP contribution in [-0.4, -0.2) is 77.9 Å². The van der Waals surface area contributed by atoms with Gasteiger partial charge in [-0.1, -0.05) is 0 Å². The Hall–Kier alpha value is -2.35. The molecule has 3 saturated heterocycles. The SMILES string of the molecule is O=C(O)N1C[C@H]2CCN(C(=O)c3cc(OCC4CCOCC4)nc(C4CC4)c3)CC[C@H]2C1. The van der Waals surface area contributed by atoms with Crippen molar-refractivity contribution in [1.82, 2.24) is 14.8 Å². The molecule has 1 aliphatic carbocycles. The summed E-state index contributed by atoms with van der Waals surface area (Å²) in [6.07, 6.45) is 5.13. The zero-order valence-electron chi connectivity index (χ0n) is 18.6. The molecule has 1 saturated carbocycles. The lowest BCUT2D eigenvalue weighted by Crippen LogP contribution is -2.34. The minimum atomic E-state index is -0.830. The fraction of sp³-hybridized carbons (Fsp3) is 0.708. The highest BCUT2D eigenvalue weighted by Crippen LogP contribution is 2.40. The van der Waals surface area contributed by atoms with Gasteiger partial charge in [0.1, 0.15) is 0 Å². The van der Waals surface area contributed by atoms with Crippen LogP contribution in [0.2, 0.25) is 0 Å². The predicted molar refractivity (Wildman–Crippen MR) is 117 cm³/mol. The van der Waals surface area contributed by atoms with Crippen molar-refractivity contribution in [3.63, 3.8) is 0 Å². The number of rotatable bonds is 5. The maximum absolute atomic E-state index is 13.4. The molecule has 0 radical (unpaired) electrons. The standard InChI is InChI=1S/C24H33N3O5/c28-23(26-7-3-18-13-27(24(29)30)14-19(18)4-8-26)20-11-21(17-1-2-17)25-22(12-20)32-15-16-5-9-31-10-6-16/h11-12,16-19H,1-10,13-15H2,(H,29,30)/t18-,19+. The molecular formula is C24H33N3O5. The van der Waals surface area contributed by atoms with Gasteiger partial charge in [0, 0.05) is 62.6 Å². The number of carbonyl (C=O) groups excluding carboxylic acids is 1. The number of ether oxygens (including phenoxy) is 2. The minimum Gasteiger partial charge on any atom is -0.477 e. The molecule has 4 heterocycles. The van der Waals surface area contributed by atoms with Gasteiger partial charge < -0.3 is 24.4 Å². The number of fused-ring (bicyclic) bond motifs is 1. The molecule has 3 aliphatic heterocycles. The lowest BCUT2D eigenvalue weighted by molar-refractivity contribution is 0.0490. The summed E-state index contributed by atoms with van der Waals surface area (Å²) in [4.78, 5) is 32.9. The average Bonchev–Trinajstić information content (AvgIpc) is 3.61. The largest absolute Gasteiger partial charge is 0.477 e. The first-order valence-corrected chi connectivity index (χ1v) is 12.1. The molecule has 1 N–H and O–H groups in total. The van der Waals surface area contributed by atoms with Gasteiger partial charge in [0.15, 0.2) is 0 Å². The number of likely N-dealkylation sites (tertiary alicyclic amines) is 2. The van der Waals surface area contributed by atoms with E-state index in [1.54, 1.807) is 0 Å². The van der Waals surface area contributed by atoms with Crippen LogP contribution in [0.1, 0.15) is 60.5 Å². The van der Waals surface area contributed by atoms with E-state index >= 15 is 0 Å². The van der Waals surface area contributed by atoms with E-state index in [9.17, 15) is 14.7 Å². The van der Waals surface area contributed by atoms with E-state index in [0.717, 1.165) is 57.4 Å². The summed E-state index contributed by atoms with van der Waals surface area (Å²) in [7, 11) is 0. The van der Waals surface area contributed by atoms with E-state index in [1.165, 1.54) is 4.90 Å². The molecule has 1 aromatic heterocycles. The van der Waals surface area contributed by atoms with E-state index < -0.39 is 6.09 Å². The Balaban J connectivity index is 1.25. The van der Waals surface area contributed by atoms with Crippen LogP contribution in [0.4, 0.5) is 4.79 Å². The smallest absolute Gasteiger partial charge is 0.407 e. The molecule has 174 valence electrons. The zero-order valence-corrected chi connectivity index (χ0v) is 18.6. The topological polar surface area (TPSA) is 92.2 Å². The van der Waals surface area contributed by atoms with E-state index in [-0.39, 0.29) is 5.91 Å². The third-order valence-electron chi connectivity index (χ3n) is 7.55. The fourth-order valence-corrected chi connectivity index (χ4v) is 5.32. The summed E-state index contributed by atoms with van der Waals surface area (Å²) in [6, 6.07) is 3.77. The quantitative estimate of drug-likeness (QED) is 0.751. The Kier molecular flexibility index (Phi) is 6.22. The van der Waals surface area contributed by atoms with Gasteiger partial charge in [-0.2, -0.15) is 0 Å². The Bertz CT molecular complexity index is 836. The number of pyridine rings is 1. The summed E-state index contributed by atoms with van der Waals surface area (Å²) >= 11 is 0. The monoisotopic (exact) mass is 443 g/mol. The Morgan fingerprint density at radius 3 is 2.31 bits per heavy atom. The molecule has 2 amide bonds. The molecule has 0 bridgehead atoms. The number of nitrogens with zero attached hydrogens (tertiary/aromatic N) is 3. The number of aromatic nitrogens is 1. The highest BCUT2D eigenvalue weighted by molar-refractivity contribution is 5.94. The molecule has 4 aliphatic rings. The molecule has 8 heteroatoms. The summed E-state index contributed by atoms with van der Waals surface area (Å²) < 4.78 is 11.5. The number of amides is 2. The highest BCUT2D eigenvalue weighted by atomic mass is 16.5. The maximum Gasteiger partial charge on any atom is 0.407 e. The molecular weight excluding hydrogens is 410 g/mol. The van der Waals surface area contributed by atoms with Gasteiger partial charge in [0.2, 0.25) is 5.88 Å². The molecule has 32 heavy (non-hydrogen) atoms. The van der Waals surface area contributed by atoms with E-state index in [2.05, 4.69) is 0 Å². The van der Waals surface area contributed by atoms with Crippen LogP contribution in [0.3, 0.4) is 0 Å². The van der Waals surface area contributed by atoms with Crippen molar-refractivity contribution < 1.29 is 24.2 Å². The summed E-state index contributed by atoms with van der Waals surface area (Å²) in [6.45, 7) is 4.72. The third kappa shape index (κ3) is 4.85. The summed E-state index contributed by atoms with van der Waals surface area (Å²) in [5.41, 5.74) is 1.64. The number of hydrogen-bond donors (Lipinski definition) is 1. The first-order valence-electron chi connectivity index (χ1n) is 12.1. The van der Waals surface area contributed by atoms with Gasteiger partial charge >= 0.3 is 6.09 Å². The van der Waals surface area contributed by atoms with Crippen molar-refractivity contribution in [1.29, 1.82) is 0 Å². The number of carboxylic acid groups (broad SMARTS) is 1. The van der Waals surface area contributed by atoms with E-state index in [4.69, 9.17) is 14.5 Å². The molecule has 5 rings (SSSR count). The molecule has 0 unspecified atom stereocenters. The second-order valence-corrected chi connectivity index (χ2v) is 9.84. The van der Waals surface area contributed by atoms with Crippen LogP contribution in [-0.2, 0) is 4.74 Å². The molecule has 1 aromatic rings. The van der Waals surface area contributed by atoms with E-state index in [0.29, 0.717) is 67.9 Å². The lowest BCUT2D eigenvalue weighted by Gasteiger charge is -2.23. The molecule has 8 nitrogen and oxygen atoms in total. The van der Waals surface area contributed by atoms with Gasteiger partial charge in [0.05, 0.1) is 6.61 Å². The summed E-state index contributed by atoms with van der Waals surface area (Å²) in [5, 5.41) is 9.29. The fourth-order valence-electron chi connectivity index (χ4n) is 5.32. The highest BCUT2D eigenvalue weighted by Gasteiger charge is 2.38. The molecule has 0 spiro atoms. The van der Waals surface area contributed by atoms with Gasteiger partial charge in [-0.3, -0.25) is 4.79 Å². The predicted octanol–water partition coefficient (Wildman–Crippen LogP) is 3.23. The Morgan fingerprint density at radius 1 is 1.00 bits per heavy atom. The van der Waals surface area contributed by atoms with Gasteiger partial charge in [-0.05, 0) is 62.3 Å². The first-order chi connectivity index (χ1) is 15.6. The van der Waals surface area contributed by atoms with Gasteiger partial charge in [-0.15, -0.1) is 0 Å². The number of hydrogen-bond acceptors (Lipinski definition) is 5. The van der Waals surface area contributed by atoms with E-state index in [1.807, 2.05) is 17.0 Å². The van der Waals surface area contributed by atoms with Gasteiger partial charge in [-0.25, -0.2) is 9.78 Å². The number of carbonyl (C=O) groups is 2. The van der Waals surface area contributed by atoms with Crippen molar-refractivity contribution >= 4 is 12.0 Å². The van der Waals surface area contributed by atoms with Crippen LogP contribution in [0.15, 0.2) is 12.1 Å². The lowest BCUT2D eigenvalue weighted by atomic mass is 9.92. The second-order valence-electron chi connectivity index (χ2n) is 9.84. The maximum atomic E-state index is 13.4. The van der Waals surface area contributed by atoms with Gasteiger partial charge in [0.25, 0.3) is 5.91 Å². The molecule has 0 aromatic carbocycles. The van der Waals surface area contributed by atoms with Crippen LogP contribution in [0.5, 0.6) is 5.88 Å². The Morgan fingerprint density at radius 2 is 1.69 bits per heavy atom. The van der Waals surface area contributed by atoms with Crippen molar-refractivity contribution in [3.8, 4) is 5.88 Å². The van der Waals surface area contributed by atoms with Crippen LogP contribution in [0.25, 0.3) is 0 Å². The molecule has 2 atom stereocenters. The normalized spacial score (nSPS) is 26.5. The molecule has 4 fully saturated rings. The van der Waals surface area contributed by atoms with Crippen molar-refractivity contribution in [2.75, 3.05) is 46.0 Å². The van der Waals surface area contributed by atoms with Crippen molar-refractivity contribution in [2.24, 2.45) is 17.8 Å². The summed E-state index contributed by atoms with van der Waals surface area (Å²) in [5.74, 6) is 2.22. The van der Waals surface area contributed by atoms with Crippen molar-refractivity contribution in [2.45, 2.75) is 44.4 Å². The first kappa shape index (κ1) is 21.5. The van der Waals surface area contributed by atoms with Crippen molar-refractivity contribution in [3.05, 3.63) is 23.4 Å².